The smallest absolute Gasteiger partial charge is 0.249 e. The van der Waals surface area contributed by atoms with Crippen LogP contribution in [0.3, 0.4) is 0 Å². The van der Waals surface area contributed by atoms with Crippen molar-refractivity contribution in [1.82, 2.24) is 5.32 Å². The third-order valence-corrected chi connectivity index (χ3v) is 3.45. The number of para-hydroxylation sites is 1. The van der Waals surface area contributed by atoms with Crippen LogP contribution in [0.25, 0.3) is 0 Å². The maximum Gasteiger partial charge on any atom is 0.249 e. The number of amides is 2. The molecule has 1 aliphatic rings. The monoisotopic (exact) mass is 311 g/mol. The van der Waals surface area contributed by atoms with Crippen LogP contribution in [0, 0.1) is 0 Å². The van der Waals surface area contributed by atoms with Gasteiger partial charge in [0.1, 0.15) is 6.04 Å². The number of hydrogen-bond acceptors (Lipinski definition) is 3. The number of anilines is 1. The summed E-state index contributed by atoms with van der Waals surface area (Å²) in [7, 11) is 0. The summed E-state index contributed by atoms with van der Waals surface area (Å²) in [5.41, 5.74) is 6.27. The van der Waals surface area contributed by atoms with Crippen molar-refractivity contribution in [2.75, 3.05) is 18.0 Å². The highest BCUT2D eigenvalue weighted by Gasteiger charge is 2.30. The average molecular weight is 312 g/mol. The largest absolute Gasteiger partial charge is 0.344 e. The number of benzene rings is 1. The molecule has 1 fully saturated rings. The molecule has 0 saturated carbocycles. The molecule has 1 aromatic carbocycles. The topological polar surface area (TPSA) is 75.4 Å². The molecule has 1 saturated heterocycles. The van der Waals surface area contributed by atoms with Crippen molar-refractivity contribution < 1.29 is 9.59 Å². The average Bonchev–Trinajstić information content (AvgIpc) is 2.48. The summed E-state index contributed by atoms with van der Waals surface area (Å²) >= 11 is 0. The maximum atomic E-state index is 12.4. The molecule has 2 rings (SSSR count). The van der Waals surface area contributed by atoms with Gasteiger partial charge in [0.15, 0.2) is 0 Å². The number of nitrogens with one attached hydrogen (secondary N) is 1. The SMILES string of the molecule is Cl.NCCCC(=O)NC1CCCN(c2ccccc2)C1=O. The number of halogens is 1. The van der Waals surface area contributed by atoms with Gasteiger partial charge >= 0.3 is 0 Å². The Morgan fingerprint density at radius 3 is 2.71 bits per heavy atom. The van der Waals surface area contributed by atoms with Crippen molar-refractivity contribution in [2.24, 2.45) is 5.73 Å². The minimum absolute atomic E-state index is 0. The van der Waals surface area contributed by atoms with Crippen LogP contribution >= 0.6 is 12.4 Å². The van der Waals surface area contributed by atoms with Crippen LogP contribution in [-0.2, 0) is 9.59 Å². The predicted octanol–water partition coefficient (Wildman–Crippen LogP) is 1.46. The van der Waals surface area contributed by atoms with E-state index in [1.54, 1.807) is 4.90 Å². The molecule has 1 atom stereocenters. The van der Waals surface area contributed by atoms with Gasteiger partial charge < -0.3 is 16.0 Å². The fourth-order valence-corrected chi connectivity index (χ4v) is 2.40. The van der Waals surface area contributed by atoms with E-state index >= 15 is 0 Å². The lowest BCUT2D eigenvalue weighted by atomic mass is 10.0. The molecule has 1 heterocycles. The Hall–Kier alpha value is -1.59. The Kier molecular flexibility index (Phi) is 7.19. The number of nitrogens with zero attached hydrogens (tertiary/aromatic N) is 1. The third kappa shape index (κ3) is 4.72. The lowest BCUT2D eigenvalue weighted by molar-refractivity contribution is -0.128. The molecule has 1 unspecified atom stereocenters. The highest BCUT2D eigenvalue weighted by molar-refractivity contribution is 5.99. The van der Waals surface area contributed by atoms with Crippen LogP contribution in [0.15, 0.2) is 30.3 Å². The Morgan fingerprint density at radius 1 is 1.33 bits per heavy atom. The number of hydrogen-bond donors (Lipinski definition) is 2. The lowest BCUT2D eigenvalue weighted by Gasteiger charge is -2.32. The van der Waals surface area contributed by atoms with Gasteiger partial charge in [0.05, 0.1) is 0 Å². The summed E-state index contributed by atoms with van der Waals surface area (Å²) in [6.45, 7) is 1.19. The number of nitrogens with two attached hydrogens (primary N) is 1. The predicted molar refractivity (Wildman–Crippen MR) is 85.5 cm³/mol. The molecule has 116 valence electrons. The zero-order chi connectivity index (χ0) is 14.4. The standard InChI is InChI=1S/C15H21N3O2.ClH/c16-10-4-9-14(19)17-13-8-5-11-18(15(13)20)12-6-2-1-3-7-12;/h1-3,6-7,13H,4-5,8-11,16H2,(H,17,19);1H. The van der Waals surface area contributed by atoms with E-state index in [1.165, 1.54) is 0 Å². The highest BCUT2D eigenvalue weighted by atomic mass is 35.5. The van der Waals surface area contributed by atoms with E-state index in [1.807, 2.05) is 30.3 Å². The second kappa shape index (κ2) is 8.64. The number of piperidine rings is 1. The summed E-state index contributed by atoms with van der Waals surface area (Å²) in [5.74, 6) is -0.118. The van der Waals surface area contributed by atoms with Gasteiger partial charge in [0, 0.05) is 18.7 Å². The van der Waals surface area contributed by atoms with Crippen molar-refractivity contribution in [3.63, 3.8) is 0 Å². The minimum atomic E-state index is -0.408. The molecular formula is C15H22ClN3O2. The fourth-order valence-electron chi connectivity index (χ4n) is 2.40. The number of carbonyl (C=O) groups excluding carboxylic acids is 2. The van der Waals surface area contributed by atoms with Gasteiger partial charge in [-0.2, -0.15) is 0 Å². The molecule has 0 bridgehead atoms. The molecule has 1 aromatic rings. The van der Waals surface area contributed by atoms with Crippen molar-refractivity contribution >= 4 is 29.9 Å². The molecule has 0 aliphatic carbocycles. The van der Waals surface area contributed by atoms with Crippen LogP contribution in [-0.4, -0.2) is 30.9 Å². The number of rotatable bonds is 5. The molecule has 0 aromatic heterocycles. The van der Waals surface area contributed by atoms with Crippen molar-refractivity contribution in [3.8, 4) is 0 Å². The lowest BCUT2D eigenvalue weighted by Crippen LogP contribution is -2.52. The Labute approximate surface area is 131 Å². The normalized spacial score (nSPS) is 18.0. The summed E-state index contributed by atoms with van der Waals surface area (Å²) in [6.07, 6.45) is 2.62. The van der Waals surface area contributed by atoms with E-state index in [9.17, 15) is 9.59 Å². The van der Waals surface area contributed by atoms with Crippen LogP contribution < -0.4 is 16.0 Å². The first-order valence-corrected chi connectivity index (χ1v) is 7.08. The first kappa shape index (κ1) is 17.5. The van der Waals surface area contributed by atoms with E-state index < -0.39 is 6.04 Å². The van der Waals surface area contributed by atoms with Gasteiger partial charge in [0.25, 0.3) is 0 Å². The molecule has 3 N–H and O–H groups in total. The molecular weight excluding hydrogens is 290 g/mol. The van der Waals surface area contributed by atoms with Crippen LogP contribution in [0.2, 0.25) is 0 Å². The highest BCUT2D eigenvalue weighted by Crippen LogP contribution is 2.20. The molecule has 6 heteroatoms. The van der Waals surface area contributed by atoms with E-state index in [2.05, 4.69) is 5.32 Å². The van der Waals surface area contributed by atoms with E-state index in [-0.39, 0.29) is 24.2 Å². The fraction of sp³-hybridized carbons (Fsp3) is 0.467. The van der Waals surface area contributed by atoms with Crippen molar-refractivity contribution in [3.05, 3.63) is 30.3 Å². The second-order valence-corrected chi connectivity index (χ2v) is 4.98. The van der Waals surface area contributed by atoms with Gasteiger partial charge in [-0.05, 0) is 37.9 Å². The first-order valence-electron chi connectivity index (χ1n) is 7.08. The summed E-state index contributed by atoms with van der Waals surface area (Å²) < 4.78 is 0. The van der Waals surface area contributed by atoms with Gasteiger partial charge in [-0.1, -0.05) is 18.2 Å². The van der Waals surface area contributed by atoms with Crippen LogP contribution in [0.5, 0.6) is 0 Å². The Balaban J connectivity index is 0.00000220. The van der Waals surface area contributed by atoms with Crippen molar-refractivity contribution in [2.45, 2.75) is 31.7 Å². The molecule has 1 aliphatic heterocycles. The molecule has 21 heavy (non-hydrogen) atoms. The summed E-state index contributed by atoms with van der Waals surface area (Å²) in [4.78, 5) is 25.9. The Bertz CT molecular complexity index is 467. The van der Waals surface area contributed by atoms with Gasteiger partial charge in [-0.15, -0.1) is 12.4 Å². The molecule has 0 spiro atoms. The zero-order valence-corrected chi connectivity index (χ0v) is 12.8. The Morgan fingerprint density at radius 2 is 2.05 bits per heavy atom. The van der Waals surface area contributed by atoms with E-state index in [0.717, 1.165) is 12.1 Å². The third-order valence-electron chi connectivity index (χ3n) is 3.45. The quantitative estimate of drug-likeness (QED) is 0.864. The van der Waals surface area contributed by atoms with Crippen molar-refractivity contribution in [1.29, 1.82) is 0 Å². The molecule has 2 amide bonds. The van der Waals surface area contributed by atoms with Gasteiger partial charge in [-0.25, -0.2) is 0 Å². The summed E-state index contributed by atoms with van der Waals surface area (Å²) in [6, 6.07) is 9.16. The van der Waals surface area contributed by atoms with Crippen LogP contribution in [0.1, 0.15) is 25.7 Å². The maximum absolute atomic E-state index is 12.4. The zero-order valence-electron chi connectivity index (χ0n) is 12.0. The number of carbonyl (C=O) groups is 2. The van der Waals surface area contributed by atoms with E-state index in [4.69, 9.17) is 5.73 Å². The van der Waals surface area contributed by atoms with Gasteiger partial charge in [-0.3, -0.25) is 9.59 Å². The minimum Gasteiger partial charge on any atom is -0.344 e. The first-order chi connectivity index (χ1) is 9.72. The molecule has 5 nitrogen and oxygen atoms in total. The molecule has 0 radical (unpaired) electrons. The summed E-state index contributed by atoms with van der Waals surface area (Å²) in [5, 5.41) is 2.82. The second-order valence-electron chi connectivity index (χ2n) is 4.98. The van der Waals surface area contributed by atoms with Crippen LogP contribution in [0.4, 0.5) is 5.69 Å². The van der Waals surface area contributed by atoms with E-state index in [0.29, 0.717) is 32.4 Å². The van der Waals surface area contributed by atoms with Gasteiger partial charge in [0.2, 0.25) is 11.8 Å².